The highest BCUT2D eigenvalue weighted by Gasteiger charge is 2.29. The second-order valence-electron chi connectivity index (χ2n) is 12.0. The molecule has 3 N–H and O–H groups in total. The summed E-state index contributed by atoms with van der Waals surface area (Å²) in [6.07, 6.45) is 8.61. The van der Waals surface area contributed by atoms with Gasteiger partial charge in [0.2, 0.25) is 0 Å². The third-order valence-corrected chi connectivity index (χ3v) is 9.08. The summed E-state index contributed by atoms with van der Waals surface area (Å²) >= 11 is 0. The molecule has 3 aliphatic heterocycles. The minimum Gasteiger partial charge on any atom is -0.353 e. The zero-order chi connectivity index (χ0) is 31.9. The molecule has 0 spiro atoms. The van der Waals surface area contributed by atoms with Gasteiger partial charge in [0.15, 0.2) is 11.0 Å². The molecule has 0 unspecified atom stereocenters. The molecule has 48 heavy (non-hydrogen) atoms. The summed E-state index contributed by atoms with van der Waals surface area (Å²) in [5.74, 6) is 0. The van der Waals surface area contributed by atoms with Crippen LogP contribution in [0.5, 0.6) is 0 Å². The minimum atomic E-state index is 0.896. The highest BCUT2D eigenvalue weighted by molar-refractivity contribution is 6.38. The van der Waals surface area contributed by atoms with E-state index in [4.69, 9.17) is 4.99 Å². The second-order valence-corrected chi connectivity index (χ2v) is 12.0. The largest absolute Gasteiger partial charge is 0.353 e. The monoisotopic (exact) mass is 615 g/mol. The van der Waals surface area contributed by atoms with Crippen LogP contribution in [0.3, 0.4) is 0 Å². The maximum absolute atomic E-state index is 5.31. The van der Waals surface area contributed by atoms with Gasteiger partial charge in [-0.25, -0.2) is 4.99 Å². The van der Waals surface area contributed by atoms with Gasteiger partial charge in [-0.3, -0.25) is 5.32 Å². The number of aromatic amines is 2. The first-order valence-corrected chi connectivity index (χ1v) is 16.2. The molecule has 0 aliphatic carbocycles. The van der Waals surface area contributed by atoms with Gasteiger partial charge in [0.1, 0.15) is 5.70 Å². The van der Waals surface area contributed by atoms with Gasteiger partial charge in [0.05, 0.1) is 40.2 Å². The summed E-state index contributed by atoms with van der Waals surface area (Å²) < 4.78 is 0. The van der Waals surface area contributed by atoms with Crippen LogP contribution in [0.25, 0.3) is 33.7 Å². The second kappa shape index (κ2) is 11.7. The zero-order valence-corrected chi connectivity index (χ0v) is 26.1. The van der Waals surface area contributed by atoms with Crippen molar-refractivity contribution in [2.24, 2.45) is 4.99 Å². The van der Waals surface area contributed by atoms with Crippen LogP contribution in [0, 0.1) is 6.42 Å². The van der Waals surface area contributed by atoms with E-state index in [1.54, 1.807) is 0 Å². The average Bonchev–Trinajstić information content (AvgIpc) is 3.98. The third-order valence-electron chi connectivity index (χ3n) is 9.08. The predicted octanol–water partition coefficient (Wildman–Crippen LogP) is 5.98. The zero-order valence-electron chi connectivity index (χ0n) is 26.1. The predicted molar refractivity (Wildman–Crippen MR) is 197 cm³/mol. The van der Waals surface area contributed by atoms with Crippen LogP contribution >= 0.6 is 0 Å². The van der Waals surface area contributed by atoms with Crippen LogP contribution in [0.1, 0.15) is 22.3 Å². The molecule has 4 nitrogen and oxygen atoms in total. The van der Waals surface area contributed by atoms with E-state index in [1.165, 1.54) is 0 Å². The van der Waals surface area contributed by atoms with Gasteiger partial charge >= 0.3 is 0 Å². The van der Waals surface area contributed by atoms with E-state index < -0.39 is 0 Å². The molecule has 4 aromatic carbocycles. The van der Waals surface area contributed by atoms with Crippen molar-refractivity contribution in [3.8, 4) is 0 Å². The Hall–Kier alpha value is -6.52. The number of H-pyrrole nitrogens is 2. The normalized spacial score (nSPS) is 15.3. The number of hydrogen-bond acceptors (Lipinski definition) is 2. The van der Waals surface area contributed by atoms with Gasteiger partial charge in [0.25, 0.3) is 0 Å². The van der Waals surface area contributed by atoms with E-state index in [1.807, 2.05) is 0 Å². The van der Waals surface area contributed by atoms with E-state index in [0.29, 0.717) is 0 Å². The van der Waals surface area contributed by atoms with E-state index in [9.17, 15) is 0 Å². The highest BCUT2D eigenvalue weighted by atomic mass is 14.9. The maximum Gasteiger partial charge on any atom is 0.186 e. The molecule has 0 fully saturated rings. The number of allylic oxidation sites excluding steroid dienone is 3. The Kier molecular flexibility index (Phi) is 6.76. The Balaban J connectivity index is 1.42. The van der Waals surface area contributed by atoms with Crippen molar-refractivity contribution in [3.05, 3.63) is 220 Å². The number of fused-ring (bicyclic) bond motifs is 7. The van der Waals surface area contributed by atoms with Gasteiger partial charge in [-0.2, -0.15) is 0 Å². The van der Waals surface area contributed by atoms with Gasteiger partial charge in [-0.15, -0.1) is 0 Å². The maximum atomic E-state index is 5.31. The molecule has 5 heterocycles. The van der Waals surface area contributed by atoms with Gasteiger partial charge in [-0.05, 0) is 52.6 Å². The van der Waals surface area contributed by atoms with Crippen LogP contribution in [0.15, 0.2) is 175 Å². The third kappa shape index (κ3) is 4.88. The number of benzene rings is 4. The van der Waals surface area contributed by atoms with Crippen molar-refractivity contribution in [2.45, 2.75) is 0 Å². The Morgan fingerprint density at radius 3 is 1.44 bits per heavy atom. The molecule has 0 saturated carbocycles. The molecule has 3 aliphatic rings. The number of nitrogens with one attached hydrogen (secondary N) is 3. The molecular weight excluding hydrogens is 585 g/mol. The Morgan fingerprint density at radius 1 is 0.417 bits per heavy atom. The Morgan fingerprint density at radius 2 is 0.875 bits per heavy atom. The smallest absolute Gasteiger partial charge is 0.186 e. The molecule has 226 valence electrons. The molecule has 0 amide bonds. The summed E-state index contributed by atoms with van der Waals surface area (Å²) in [5.41, 5.74) is 12.7. The van der Waals surface area contributed by atoms with E-state index in [2.05, 4.69) is 186 Å². The van der Waals surface area contributed by atoms with Gasteiger partial charge < -0.3 is 9.97 Å². The van der Waals surface area contributed by atoms with Gasteiger partial charge in [-0.1, -0.05) is 121 Å². The highest BCUT2D eigenvalue weighted by Crippen LogP contribution is 2.37. The first-order chi connectivity index (χ1) is 23.8. The SMILES string of the molecule is C1=CC2=c3ccc([nH]3)=C(c3ccccc3)C(c3ccccc3)=c3ccc([nH]3)=C3[CH+]C=C(N3)C(c3ccccc3)=C(c3ccccc3)C1=N2. The molecule has 2 aromatic heterocycles. The number of nitrogens with zero attached hydrogens (tertiary/aromatic N) is 1. The first-order valence-electron chi connectivity index (χ1n) is 16.2. The van der Waals surface area contributed by atoms with Crippen LogP contribution < -0.4 is 26.7 Å². The number of aliphatic imine (C=N–C) groups is 1. The van der Waals surface area contributed by atoms with Crippen LogP contribution in [-0.4, -0.2) is 15.7 Å². The first kappa shape index (κ1) is 27.8. The number of rotatable bonds is 4. The van der Waals surface area contributed by atoms with E-state index in [0.717, 1.165) is 88.7 Å². The molecule has 6 aromatic rings. The molecule has 0 atom stereocenters. The molecule has 4 heteroatoms. The lowest BCUT2D eigenvalue weighted by molar-refractivity contribution is 1.14. The lowest BCUT2D eigenvalue weighted by atomic mass is 9.89. The summed E-state index contributed by atoms with van der Waals surface area (Å²) in [5, 5.41) is 7.83. The molecular formula is C44H31N4+. The van der Waals surface area contributed by atoms with Crippen LogP contribution in [-0.2, 0) is 0 Å². The van der Waals surface area contributed by atoms with E-state index in [-0.39, 0.29) is 0 Å². The van der Waals surface area contributed by atoms with Crippen molar-refractivity contribution in [3.63, 3.8) is 0 Å². The fourth-order valence-electron chi connectivity index (χ4n) is 6.88. The Labute approximate surface area is 278 Å². The quantitative estimate of drug-likeness (QED) is 0.210. The molecule has 0 saturated heterocycles. The standard InChI is InChI=1S/C44H31N4/c1-5-13-29(14-6-1)41-37-25-21-33(45-37)34-23-27-39(47-34)43(31-17-9-3-10-18-31)44(32-19-11-4-12-20-32)40-28-24-36(48-40)35-22-26-38(46-35)42(41)30-15-7-2-8-16-30/h1-28,45-47H/q+1. The summed E-state index contributed by atoms with van der Waals surface area (Å²) in [6, 6.07) is 51.1. The van der Waals surface area contributed by atoms with Gasteiger partial charge in [0, 0.05) is 28.1 Å². The fraction of sp³-hybridized carbons (Fsp3) is 0. The van der Waals surface area contributed by atoms with Crippen LogP contribution in [0.2, 0.25) is 0 Å². The summed E-state index contributed by atoms with van der Waals surface area (Å²) in [7, 11) is 0. The average molecular weight is 616 g/mol. The number of hydrogen-bond donors (Lipinski definition) is 3. The van der Waals surface area contributed by atoms with Crippen molar-refractivity contribution in [1.29, 1.82) is 0 Å². The van der Waals surface area contributed by atoms with Crippen molar-refractivity contribution in [1.82, 2.24) is 15.3 Å². The van der Waals surface area contributed by atoms with Crippen molar-refractivity contribution >= 4 is 39.4 Å². The topological polar surface area (TPSA) is 56.0 Å². The molecule has 8 bridgehead atoms. The lowest BCUT2D eigenvalue weighted by Gasteiger charge is -2.15. The van der Waals surface area contributed by atoms with Crippen molar-refractivity contribution < 1.29 is 0 Å². The minimum absolute atomic E-state index is 0.896. The number of aromatic nitrogens is 2. The lowest BCUT2D eigenvalue weighted by Crippen LogP contribution is -2.23. The molecule has 9 rings (SSSR count). The molecule has 0 radical (unpaired) electrons. The summed E-state index contributed by atoms with van der Waals surface area (Å²) in [6.45, 7) is 0. The van der Waals surface area contributed by atoms with E-state index >= 15 is 0 Å². The Bertz CT molecular complexity index is 2560. The van der Waals surface area contributed by atoms with Crippen molar-refractivity contribution in [2.75, 3.05) is 0 Å². The van der Waals surface area contributed by atoms with Crippen LogP contribution in [0.4, 0.5) is 0 Å². The summed E-state index contributed by atoms with van der Waals surface area (Å²) in [4.78, 5) is 12.9. The fourth-order valence-corrected chi connectivity index (χ4v) is 6.88.